The van der Waals surface area contributed by atoms with Gasteiger partial charge in [-0.05, 0) is 12.5 Å². The molecule has 1 amide bonds. The van der Waals surface area contributed by atoms with E-state index in [9.17, 15) is 4.79 Å². The van der Waals surface area contributed by atoms with Gasteiger partial charge in [0.2, 0.25) is 5.91 Å². The maximum absolute atomic E-state index is 10.7. The van der Waals surface area contributed by atoms with Gasteiger partial charge in [0.1, 0.15) is 0 Å². The molecule has 1 rings (SSSR count). The molecule has 70 valence electrons. The molecule has 0 saturated heterocycles. The summed E-state index contributed by atoms with van der Waals surface area (Å²) in [6, 6.07) is 10.00. The first-order valence-corrected chi connectivity index (χ1v) is 4.02. The van der Waals surface area contributed by atoms with E-state index in [4.69, 9.17) is 0 Å². The topological polar surface area (TPSA) is 29.1 Å². The molecular formula is C10H15NOPb. The zero-order valence-corrected chi connectivity index (χ0v) is 13.6. The van der Waals surface area contributed by atoms with E-state index in [0.29, 0.717) is 0 Å². The van der Waals surface area contributed by atoms with Crippen molar-refractivity contribution >= 4 is 33.2 Å². The summed E-state index contributed by atoms with van der Waals surface area (Å²) in [5.74, 6) is 0.00588. The van der Waals surface area contributed by atoms with Gasteiger partial charge in [-0.15, -0.1) is 0 Å². The van der Waals surface area contributed by atoms with Gasteiger partial charge >= 0.3 is 27.3 Å². The molecule has 0 saturated carbocycles. The summed E-state index contributed by atoms with van der Waals surface area (Å²) in [5.41, 5.74) is 1.13. The molecule has 0 unspecified atom stereocenters. The van der Waals surface area contributed by atoms with Gasteiger partial charge in [-0.1, -0.05) is 30.3 Å². The van der Waals surface area contributed by atoms with E-state index in [-0.39, 0.29) is 39.2 Å². The van der Waals surface area contributed by atoms with E-state index >= 15 is 0 Å². The number of hydrogen-bond donors (Lipinski definition) is 1. The summed E-state index contributed by atoms with van der Waals surface area (Å²) >= 11 is 0. The zero-order chi connectivity index (χ0) is 8.97. The third-order valence-electron chi connectivity index (χ3n) is 1.72. The van der Waals surface area contributed by atoms with Crippen LogP contribution in [0.5, 0.6) is 0 Å². The van der Waals surface area contributed by atoms with Crippen molar-refractivity contribution < 1.29 is 4.79 Å². The van der Waals surface area contributed by atoms with Crippen LogP contribution >= 0.6 is 0 Å². The van der Waals surface area contributed by atoms with E-state index in [0.717, 1.165) is 5.56 Å². The Kier molecular flexibility index (Phi) is 5.94. The van der Waals surface area contributed by atoms with Crippen molar-refractivity contribution in [3.05, 3.63) is 35.9 Å². The molecule has 0 aliphatic heterocycles. The Bertz CT molecular complexity index is 261. The molecule has 1 aromatic carbocycles. The average molecular weight is 372 g/mol. The first-order valence-electron chi connectivity index (χ1n) is 4.02. The average Bonchev–Trinajstić information content (AvgIpc) is 2.05. The van der Waals surface area contributed by atoms with Crippen LogP contribution in [0.3, 0.4) is 0 Å². The Hall–Kier alpha value is -0.388. The van der Waals surface area contributed by atoms with Gasteiger partial charge < -0.3 is 5.32 Å². The number of nitrogens with one attached hydrogen (secondary N) is 1. The molecule has 0 aliphatic rings. The van der Waals surface area contributed by atoms with Gasteiger partial charge in [-0.25, -0.2) is 0 Å². The second-order valence-corrected chi connectivity index (χ2v) is 2.83. The third-order valence-corrected chi connectivity index (χ3v) is 1.72. The van der Waals surface area contributed by atoms with Gasteiger partial charge in [0.25, 0.3) is 0 Å². The Balaban J connectivity index is 0.00000144. The molecule has 1 aromatic rings. The fourth-order valence-corrected chi connectivity index (χ4v) is 1.13. The zero-order valence-electron chi connectivity index (χ0n) is 8.08. The minimum atomic E-state index is 0. The Morgan fingerprint density at radius 2 is 1.85 bits per heavy atom. The number of hydrogen-bond acceptors (Lipinski definition) is 1. The van der Waals surface area contributed by atoms with E-state index in [1.54, 1.807) is 0 Å². The van der Waals surface area contributed by atoms with Gasteiger partial charge in [-0.2, -0.15) is 0 Å². The minimum absolute atomic E-state index is 0. The van der Waals surface area contributed by atoms with Crippen LogP contribution < -0.4 is 5.32 Å². The van der Waals surface area contributed by atoms with Crippen LogP contribution in [0, 0.1) is 0 Å². The molecule has 0 bridgehead atoms. The third kappa shape index (κ3) is 4.40. The summed E-state index contributed by atoms with van der Waals surface area (Å²) in [6.07, 6.45) is 0. The van der Waals surface area contributed by atoms with Gasteiger partial charge in [0.05, 0.1) is 6.04 Å². The molecule has 13 heavy (non-hydrogen) atoms. The number of amides is 1. The van der Waals surface area contributed by atoms with Crippen molar-refractivity contribution in [1.29, 1.82) is 0 Å². The molecule has 0 heterocycles. The van der Waals surface area contributed by atoms with Crippen LogP contribution in [0.15, 0.2) is 30.3 Å². The molecule has 1 N–H and O–H groups in total. The molecule has 2 radical (unpaired) electrons. The predicted molar refractivity (Wildman–Crippen MR) is 57.2 cm³/mol. The standard InChI is InChI=1S/C10H13NO.Pb.2H/c1-8(11-9(2)12)10-6-4-3-5-7-10;;;/h3-8H,1-2H3,(H,11,12);;;/t8-;;;/m0.../s1. The summed E-state index contributed by atoms with van der Waals surface area (Å²) in [6.45, 7) is 3.50. The van der Waals surface area contributed by atoms with Crippen LogP contribution in [0.2, 0.25) is 0 Å². The van der Waals surface area contributed by atoms with Gasteiger partial charge in [-0.3, -0.25) is 4.79 Å². The summed E-state index contributed by atoms with van der Waals surface area (Å²) < 4.78 is 0. The molecule has 0 spiro atoms. The maximum atomic E-state index is 10.7. The first kappa shape index (κ1) is 12.6. The molecular weight excluding hydrogens is 357 g/mol. The molecule has 3 heteroatoms. The normalized spacial score (nSPS) is 11.2. The SMILES string of the molecule is CC(=O)N[C@@H](C)c1ccccc1.[PbH2]. The van der Waals surface area contributed by atoms with Crippen LogP contribution in [-0.4, -0.2) is 33.2 Å². The van der Waals surface area contributed by atoms with E-state index in [1.165, 1.54) is 6.92 Å². The summed E-state index contributed by atoms with van der Waals surface area (Å²) in [5, 5.41) is 2.82. The number of benzene rings is 1. The quantitative estimate of drug-likeness (QED) is 0.771. The summed E-state index contributed by atoms with van der Waals surface area (Å²) in [4.78, 5) is 10.7. The van der Waals surface area contributed by atoms with Crippen LogP contribution in [0.1, 0.15) is 25.5 Å². The van der Waals surface area contributed by atoms with Crippen molar-refractivity contribution in [2.45, 2.75) is 19.9 Å². The van der Waals surface area contributed by atoms with Crippen molar-refractivity contribution in [1.82, 2.24) is 5.32 Å². The fraction of sp³-hybridized carbons (Fsp3) is 0.300. The summed E-state index contributed by atoms with van der Waals surface area (Å²) in [7, 11) is 0. The fourth-order valence-electron chi connectivity index (χ4n) is 1.13. The van der Waals surface area contributed by atoms with Gasteiger partial charge in [0, 0.05) is 6.92 Å². The number of rotatable bonds is 2. The van der Waals surface area contributed by atoms with Crippen molar-refractivity contribution in [3.63, 3.8) is 0 Å². The van der Waals surface area contributed by atoms with Crippen molar-refractivity contribution in [2.75, 3.05) is 0 Å². The van der Waals surface area contributed by atoms with Crippen LogP contribution in [0.4, 0.5) is 0 Å². The van der Waals surface area contributed by atoms with Crippen molar-refractivity contribution in [3.8, 4) is 0 Å². The van der Waals surface area contributed by atoms with E-state index in [1.807, 2.05) is 37.3 Å². The number of carbonyl (C=O) groups excluding carboxylic acids is 1. The monoisotopic (exact) mass is 373 g/mol. The molecule has 1 atom stereocenters. The van der Waals surface area contributed by atoms with E-state index < -0.39 is 0 Å². The Morgan fingerprint density at radius 3 is 2.31 bits per heavy atom. The number of carbonyl (C=O) groups is 1. The second kappa shape index (κ2) is 6.12. The molecule has 0 fully saturated rings. The predicted octanol–water partition coefficient (Wildman–Crippen LogP) is 0.967. The Labute approximate surface area is 98.9 Å². The van der Waals surface area contributed by atoms with Gasteiger partial charge in [0.15, 0.2) is 0 Å². The van der Waals surface area contributed by atoms with Crippen LogP contribution in [0.25, 0.3) is 0 Å². The first-order chi connectivity index (χ1) is 5.70. The molecule has 0 aromatic heterocycles. The van der Waals surface area contributed by atoms with E-state index in [2.05, 4.69) is 5.32 Å². The van der Waals surface area contributed by atoms with Crippen LogP contribution in [-0.2, 0) is 4.79 Å². The molecule has 2 nitrogen and oxygen atoms in total. The van der Waals surface area contributed by atoms with Crippen molar-refractivity contribution in [2.24, 2.45) is 0 Å². The Morgan fingerprint density at radius 1 is 1.31 bits per heavy atom. The molecule has 0 aliphatic carbocycles. The second-order valence-electron chi connectivity index (χ2n) is 2.83.